The van der Waals surface area contributed by atoms with E-state index in [1.54, 1.807) is 13.2 Å². The molecule has 0 atom stereocenters. The van der Waals surface area contributed by atoms with E-state index in [2.05, 4.69) is 10.6 Å². The summed E-state index contributed by atoms with van der Waals surface area (Å²) in [5, 5.41) is 23.3. The molecule has 1 aromatic rings. The number of hydrogen-bond acceptors (Lipinski definition) is 5. The Morgan fingerprint density at radius 3 is 2.72 bits per heavy atom. The summed E-state index contributed by atoms with van der Waals surface area (Å²) in [6.07, 6.45) is 3.41. The maximum atomic E-state index is 12.0. The van der Waals surface area contributed by atoms with Gasteiger partial charge in [0.05, 0.1) is 12.8 Å². The number of carbonyl (C=O) groups excluding carboxylic acids is 1. The minimum atomic E-state index is -0.823. The molecule has 1 amide bonds. The third kappa shape index (κ3) is 7.40. The van der Waals surface area contributed by atoms with Crippen LogP contribution < -0.4 is 15.4 Å². The molecule has 7 nitrogen and oxygen atoms in total. The topological polar surface area (TPSA) is 111 Å². The first kappa shape index (κ1) is 20.0. The summed E-state index contributed by atoms with van der Waals surface area (Å²) in [6.45, 7) is 2.32. The minimum Gasteiger partial charge on any atom is -0.495 e. The number of nitrogens with zero attached hydrogens (tertiary/aromatic N) is 1. The van der Waals surface area contributed by atoms with Gasteiger partial charge in [0.2, 0.25) is 0 Å². The first-order valence-electron chi connectivity index (χ1n) is 7.99. The summed E-state index contributed by atoms with van der Waals surface area (Å²) in [4.78, 5) is 22.4. The number of amides is 1. The molecule has 7 heteroatoms. The van der Waals surface area contributed by atoms with Crippen LogP contribution in [0, 0.1) is 18.3 Å². The van der Waals surface area contributed by atoms with Crippen molar-refractivity contribution in [2.75, 3.05) is 19.0 Å². The van der Waals surface area contributed by atoms with Gasteiger partial charge in [-0.2, -0.15) is 5.26 Å². The van der Waals surface area contributed by atoms with E-state index in [0.29, 0.717) is 37.2 Å². The number of aliphatic carboxylic acids is 1. The van der Waals surface area contributed by atoms with Crippen LogP contribution >= 0.6 is 0 Å². The molecule has 0 spiro atoms. The number of methoxy groups -OCH3 is 1. The molecule has 0 aliphatic rings. The lowest BCUT2D eigenvalue weighted by Crippen LogP contribution is -2.26. The van der Waals surface area contributed by atoms with E-state index in [9.17, 15) is 9.59 Å². The van der Waals surface area contributed by atoms with Crippen molar-refractivity contribution < 1.29 is 19.4 Å². The van der Waals surface area contributed by atoms with Crippen LogP contribution in [-0.2, 0) is 9.59 Å². The van der Waals surface area contributed by atoms with Crippen molar-refractivity contribution in [1.29, 1.82) is 5.26 Å². The Morgan fingerprint density at radius 2 is 2.08 bits per heavy atom. The smallest absolute Gasteiger partial charge is 0.303 e. The predicted molar refractivity (Wildman–Crippen MR) is 94.2 cm³/mol. The van der Waals surface area contributed by atoms with Crippen LogP contribution in [0.25, 0.3) is 0 Å². The van der Waals surface area contributed by atoms with Crippen molar-refractivity contribution in [1.82, 2.24) is 5.32 Å². The molecule has 0 saturated carbocycles. The molecule has 0 radical (unpaired) electrons. The number of hydrogen-bond donors (Lipinski definition) is 3. The van der Waals surface area contributed by atoms with Gasteiger partial charge in [-0.1, -0.05) is 12.5 Å². The van der Waals surface area contributed by atoms with Gasteiger partial charge < -0.3 is 20.5 Å². The molecule has 0 fully saturated rings. The normalized spacial score (nSPS) is 10.7. The molecule has 0 bridgehead atoms. The lowest BCUT2D eigenvalue weighted by molar-refractivity contribution is -0.137. The average Bonchev–Trinajstić information content (AvgIpc) is 2.58. The zero-order valence-electron chi connectivity index (χ0n) is 14.5. The molecule has 3 N–H and O–H groups in total. The van der Waals surface area contributed by atoms with Crippen molar-refractivity contribution in [3.63, 3.8) is 0 Å². The Labute approximate surface area is 147 Å². The van der Waals surface area contributed by atoms with Crippen LogP contribution in [0.5, 0.6) is 5.75 Å². The summed E-state index contributed by atoms with van der Waals surface area (Å²) < 4.78 is 5.23. The monoisotopic (exact) mass is 345 g/mol. The zero-order valence-corrected chi connectivity index (χ0v) is 14.5. The van der Waals surface area contributed by atoms with Gasteiger partial charge in [0.15, 0.2) is 0 Å². The van der Waals surface area contributed by atoms with E-state index < -0.39 is 11.9 Å². The third-order valence-electron chi connectivity index (χ3n) is 3.45. The highest BCUT2D eigenvalue weighted by Crippen LogP contribution is 2.25. The number of carboxylic acid groups (broad SMARTS) is 1. The number of ether oxygens (including phenoxy) is 1. The van der Waals surface area contributed by atoms with Crippen molar-refractivity contribution in [2.45, 2.75) is 32.6 Å². The first-order valence-corrected chi connectivity index (χ1v) is 7.99. The number of nitriles is 1. The van der Waals surface area contributed by atoms with Crippen LogP contribution in [0.4, 0.5) is 5.69 Å². The number of rotatable bonds is 10. The zero-order chi connectivity index (χ0) is 18.7. The lowest BCUT2D eigenvalue weighted by atomic mass is 10.2. The molecule has 0 aromatic heterocycles. The summed E-state index contributed by atoms with van der Waals surface area (Å²) in [6, 6.07) is 7.41. The largest absolute Gasteiger partial charge is 0.495 e. The number of benzene rings is 1. The van der Waals surface area contributed by atoms with Gasteiger partial charge >= 0.3 is 5.97 Å². The highest BCUT2D eigenvalue weighted by molar-refractivity contribution is 5.97. The number of carboxylic acids is 1. The fraction of sp³-hybridized carbons (Fsp3) is 0.389. The minimum absolute atomic E-state index is 0.0471. The average molecular weight is 345 g/mol. The highest BCUT2D eigenvalue weighted by atomic mass is 16.5. The van der Waals surface area contributed by atoms with Crippen molar-refractivity contribution in [2.24, 2.45) is 0 Å². The van der Waals surface area contributed by atoms with Gasteiger partial charge in [-0.25, -0.2) is 0 Å². The number of unbranched alkanes of at least 4 members (excludes halogenated alkanes) is 2. The lowest BCUT2D eigenvalue weighted by Gasteiger charge is -2.09. The second-order valence-electron chi connectivity index (χ2n) is 5.48. The van der Waals surface area contributed by atoms with Gasteiger partial charge in [0.25, 0.3) is 5.91 Å². The Balaban J connectivity index is 2.53. The van der Waals surface area contributed by atoms with Gasteiger partial charge in [-0.3, -0.25) is 9.59 Å². The summed E-state index contributed by atoms with van der Waals surface area (Å²) in [7, 11) is 1.54. The Bertz CT molecular complexity index is 677. The fourth-order valence-electron chi connectivity index (χ4n) is 2.11. The van der Waals surface area contributed by atoms with Gasteiger partial charge in [-0.15, -0.1) is 0 Å². The Morgan fingerprint density at radius 1 is 1.32 bits per heavy atom. The first-order chi connectivity index (χ1) is 12.0. The quantitative estimate of drug-likeness (QED) is 0.341. The molecule has 0 unspecified atom stereocenters. The SMILES string of the molecule is COc1ccc(C)cc1N/C=C(/C#N)C(=O)NCCCCCC(=O)O. The number of anilines is 1. The van der Waals surface area contributed by atoms with E-state index in [4.69, 9.17) is 15.1 Å². The van der Waals surface area contributed by atoms with Gasteiger partial charge in [0, 0.05) is 19.2 Å². The van der Waals surface area contributed by atoms with Crippen LogP contribution in [-0.4, -0.2) is 30.6 Å². The maximum absolute atomic E-state index is 12.0. The maximum Gasteiger partial charge on any atom is 0.303 e. The molecule has 134 valence electrons. The Kier molecular flexibility index (Phi) is 8.58. The molecule has 0 aliphatic heterocycles. The van der Waals surface area contributed by atoms with Crippen LogP contribution in [0.1, 0.15) is 31.2 Å². The van der Waals surface area contributed by atoms with Gasteiger partial charge in [-0.05, 0) is 37.5 Å². The summed E-state index contributed by atoms with van der Waals surface area (Å²) >= 11 is 0. The summed E-state index contributed by atoms with van der Waals surface area (Å²) in [5.74, 6) is -0.686. The fourth-order valence-corrected chi connectivity index (χ4v) is 2.11. The second-order valence-corrected chi connectivity index (χ2v) is 5.48. The van der Waals surface area contributed by atoms with Crippen LogP contribution in [0.2, 0.25) is 0 Å². The van der Waals surface area contributed by atoms with Crippen molar-refractivity contribution in [3.8, 4) is 11.8 Å². The predicted octanol–water partition coefficient (Wildman–Crippen LogP) is 2.58. The van der Waals surface area contributed by atoms with E-state index in [0.717, 1.165) is 5.56 Å². The van der Waals surface area contributed by atoms with E-state index in [1.165, 1.54) is 6.20 Å². The molecule has 25 heavy (non-hydrogen) atoms. The molecule has 0 heterocycles. The van der Waals surface area contributed by atoms with Crippen molar-refractivity contribution >= 4 is 17.6 Å². The Hall–Kier alpha value is -3.01. The molecule has 1 rings (SSSR count). The van der Waals surface area contributed by atoms with E-state index in [-0.39, 0.29) is 12.0 Å². The molecule has 0 aliphatic carbocycles. The molecule has 1 aromatic carbocycles. The highest BCUT2D eigenvalue weighted by Gasteiger charge is 2.09. The number of nitrogens with one attached hydrogen (secondary N) is 2. The molecular weight excluding hydrogens is 322 g/mol. The standard InChI is InChI=1S/C18H23N3O4/c1-13-7-8-16(25-2)15(10-13)21-12-14(11-19)18(24)20-9-5-3-4-6-17(22)23/h7-8,10,12,21H,3-6,9H2,1-2H3,(H,20,24)(H,22,23)/b14-12-. The summed E-state index contributed by atoms with van der Waals surface area (Å²) in [5.41, 5.74) is 1.63. The second kappa shape index (κ2) is 10.7. The van der Waals surface area contributed by atoms with Crippen LogP contribution in [0.15, 0.2) is 30.0 Å². The number of carbonyl (C=O) groups is 2. The third-order valence-corrected chi connectivity index (χ3v) is 3.45. The number of aryl methyl sites for hydroxylation is 1. The van der Waals surface area contributed by atoms with E-state index >= 15 is 0 Å². The molecular formula is C18H23N3O4. The van der Waals surface area contributed by atoms with Crippen molar-refractivity contribution in [3.05, 3.63) is 35.5 Å². The van der Waals surface area contributed by atoms with E-state index in [1.807, 2.05) is 25.1 Å². The molecule has 0 saturated heterocycles. The van der Waals surface area contributed by atoms with Crippen LogP contribution in [0.3, 0.4) is 0 Å². The van der Waals surface area contributed by atoms with Gasteiger partial charge in [0.1, 0.15) is 17.4 Å².